The van der Waals surface area contributed by atoms with Crippen molar-refractivity contribution in [2.24, 2.45) is 0 Å². The topological polar surface area (TPSA) is 98.3 Å². The fourth-order valence-electron chi connectivity index (χ4n) is 2.09. The Morgan fingerprint density at radius 3 is 2.64 bits per heavy atom. The van der Waals surface area contributed by atoms with E-state index in [4.69, 9.17) is 4.52 Å². The number of carbonyl (C=O) groups excluding carboxylic acids is 1. The highest BCUT2D eigenvalue weighted by molar-refractivity contribution is 5.94. The van der Waals surface area contributed by atoms with Gasteiger partial charge in [-0.3, -0.25) is 14.9 Å². The normalized spacial score (nSPS) is 10.5. The van der Waals surface area contributed by atoms with Gasteiger partial charge in [0.05, 0.1) is 11.3 Å². The SMILES string of the molecule is O=C(Cc1noc2ccccc12)Nc1ccc([N+](=O)[O-])cc1. The van der Waals surface area contributed by atoms with Crippen LogP contribution in [0.4, 0.5) is 11.4 Å². The summed E-state index contributed by atoms with van der Waals surface area (Å²) in [6.07, 6.45) is 0.0635. The van der Waals surface area contributed by atoms with Gasteiger partial charge in [-0.05, 0) is 24.3 Å². The summed E-state index contributed by atoms with van der Waals surface area (Å²) in [7, 11) is 0. The second kappa shape index (κ2) is 5.65. The van der Waals surface area contributed by atoms with Gasteiger partial charge >= 0.3 is 0 Å². The first kappa shape index (κ1) is 13.7. The van der Waals surface area contributed by atoms with Crippen LogP contribution in [0.2, 0.25) is 0 Å². The Labute approximate surface area is 124 Å². The van der Waals surface area contributed by atoms with Crippen LogP contribution in [0.3, 0.4) is 0 Å². The molecule has 0 saturated carbocycles. The van der Waals surface area contributed by atoms with Crippen LogP contribution >= 0.6 is 0 Å². The monoisotopic (exact) mass is 297 g/mol. The van der Waals surface area contributed by atoms with Crippen molar-refractivity contribution in [1.29, 1.82) is 0 Å². The van der Waals surface area contributed by atoms with E-state index in [1.54, 1.807) is 6.07 Å². The van der Waals surface area contributed by atoms with Crippen LogP contribution < -0.4 is 5.32 Å². The van der Waals surface area contributed by atoms with E-state index in [0.717, 1.165) is 5.39 Å². The summed E-state index contributed by atoms with van der Waals surface area (Å²) in [4.78, 5) is 22.1. The maximum Gasteiger partial charge on any atom is 0.269 e. The molecular weight excluding hydrogens is 286 g/mol. The molecule has 1 N–H and O–H groups in total. The molecule has 0 fully saturated rings. The minimum Gasteiger partial charge on any atom is -0.356 e. The Kier molecular flexibility index (Phi) is 3.53. The van der Waals surface area contributed by atoms with E-state index in [9.17, 15) is 14.9 Å². The van der Waals surface area contributed by atoms with Gasteiger partial charge in [0.25, 0.3) is 5.69 Å². The van der Waals surface area contributed by atoms with Crippen molar-refractivity contribution in [3.63, 3.8) is 0 Å². The molecule has 0 aliphatic rings. The standard InChI is InChI=1S/C15H11N3O4/c19-15(16-10-5-7-11(8-6-10)18(20)21)9-13-12-3-1-2-4-14(12)22-17-13/h1-8H,9H2,(H,16,19). The fraction of sp³-hybridized carbons (Fsp3) is 0.0667. The highest BCUT2D eigenvalue weighted by Crippen LogP contribution is 2.19. The van der Waals surface area contributed by atoms with Gasteiger partial charge in [0.15, 0.2) is 5.58 Å². The average molecular weight is 297 g/mol. The lowest BCUT2D eigenvalue weighted by Crippen LogP contribution is -2.14. The third-order valence-corrected chi connectivity index (χ3v) is 3.14. The van der Waals surface area contributed by atoms with Gasteiger partial charge in [0.2, 0.25) is 5.91 Å². The number of benzene rings is 2. The average Bonchev–Trinajstić information content (AvgIpc) is 2.91. The van der Waals surface area contributed by atoms with E-state index in [1.165, 1.54) is 24.3 Å². The number of amides is 1. The number of para-hydroxylation sites is 1. The van der Waals surface area contributed by atoms with Crippen molar-refractivity contribution in [3.05, 3.63) is 64.3 Å². The molecule has 0 saturated heterocycles. The van der Waals surface area contributed by atoms with Crippen LogP contribution in [-0.4, -0.2) is 16.0 Å². The molecule has 3 aromatic rings. The number of rotatable bonds is 4. The molecule has 22 heavy (non-hydrogen) atoms. The summed E-state index contributed by atoms with van der Waals surface area (Å²) in [5.74, 6) is -0.270. The van der Waals surface area contributed by atoms with Gasteiger partial charge < -0.3 is 9.84 Å². The molecule has 7 heteroatoms. The number of carbonyl (C=O) groups is 1. The maximum absolute atomic E-state index is 12.0. The van der Waals surface area contributed by atoms with Crippen LogP contribution in [0.5, 0.6) is 0 Å². The number of hydrogen-bond acceptors (Lipinski definition) is 5. The third-order valence-electron chi connectivity index (χ3n) is 3.14. The van der Waals surface area contributed by atoms with Gasteiger partial charge in [-0.15, -0.1) is 0 Å². The molecule has 0 aliphatic heterocycles. The van der Waals surface area contributed by atoms with Gasteiger partial charge in [-0.25, -0.2) is 0 Å². The van der Waals surface area contributed by atoms with Crippen LogP contribution in [0.1, 0.15) is 5.69 Å². The van der Waals surface area contributed by atoms with Crippen LogP contribution in [0, 0.1) is 10.1 Å². The number of nitrogens with zero attached hydrogens (tertiary/aromatic N) is 2. The number of anilines is 1. The molecule has 1 heterocycles. The van der Waals surface area contributed by atoms with Crippen molar-refractivity contribution < 1.29 is 14.2 Å². The molecule has 0 radical (unpaired) electrons. The largest absolute Gasteiger partial charge is 0.356 e. The second-order valence-electron chi connectivity index (χ2n) is 4.65. The Morgan fingerprint density at radius 1 is 1.18 bits per heavy atom. The molecule has 0 unspecified atom stereocenters. The minimum atomic E-state index is -0.493. The maximum atomic E-state index is 12.0. The lowest BCUT2D eigenvalue weighted by atomic mass is 10.1. The zero-order valence-corrected chi connectivity index (χ0v) is 11.4. The quantitative estimate of drug-likeness (QED) is 0.589. The number of nitrogens with one attached hydrogen (secondary N) is 1. The van der Waals surface area contributed by atoms with Crippen molar-refractivity contribution >= 4 is 28.3 Å². The number of fused-ring (bicyclic) bond motifs is 1. The summed E-state index contributed by atoms with van der Waals surface area (Å²) in [5.41, 5.74) is 1.64. The smallest absolute Gasteiger partial charge is 0.269 e. The summed E-state index contributed by atoms with van der Waals surface area (Å²) < 4.78 is 5.14. The first-order chi connectivity index (χ1) is 10.6. The highest BCUT2D eigenvalue weighted by atomic mass is 16.6. The molecule has 0 spiro atoms. The van der Waals surface area contributed by atoms with E-state index in [2.05, 4.69) is 10.5 Å². The van der Waals surface area contributed by atoms with Crippen molar-refractivity contribution in [1.82, 2.24) is 5.16 Å². The molecule has 2 aromatic carbocycles. The summed E-state index contributed by atoms with van der Waals surface area (Å²) >= 11 is 0. The number of non-ortho nitro benzene ring substituents is 1. The van der Waals surface area contributed by atoms with Gasteiger partial charge in [-0.1, -0.05) is 17.3 Å². The van der Waals surface area contributed by atoms with E-state index in [0.29, 0.717) is 17.0 Å². The van der Waals surface area contributed by atoms with Crippen molar-refractivity contribution in [2.45, 2.75) is 6.42 Å². The van der Waals surface area contributed by atoms with Crippen molar-refractivity contribution in [3.8, 4) is 0 Å². The first-order valence-electron chi connectivity index (χ1n) is 6.51. The Hall–Kier alpha value is -3.22. The predicted octanol–water partition coefficient (Wildman–Crippen LogP) is 2.92. The Balaban J connectivity index is 1.71. The van der Waals surface area contributed by atoms with Crippen LogP contribution in [0.25, 0.3) is 11.0 Å². The summed E-state index contributed by atoms with van der Waals surface area (Å²) in [6.45, 7) is 0. The summed E-state index contributed by atoms with van der Waals surface area (Å²) in [6, 6.07) is 12.9. The fourth-order valence-corrected chi connectivity index (χ4v) is 2.09. The molecule has 110 valence electrons. The molecule has 0 aliphatic carbocycles. The number of nitro benzene ring substituents is 1. The molecule has 7 nitrogen and oxygen atoms in total. The molecule has 0 bridgehead atoms. The minimum absolute atomic E-state index is 0.0273. The van der Waals surface area contributed by atoms with Crippen LogP contribution in [0.15, 0.2) is 53.1 Å². The molecule has 1 amide bonds. The van der Waals surface area contributed by atoms with Gasteiger partial charge in [-0.2, -0.15) is 0 Å². The Morgan fingerprint density at radius 2 is 1.91 bits per heavy atom. The lowest BCUT2D eigenvalue weighted by Gasteiger charge is -2.03. The Bertz CT molecular complexity index is 839. The van der Waals surface area contributed by atoms with Gasteiger partial charge in [0.1, 0.15) is 5.69 Å². The molecule has 0 atom stereocenters. The van der Waals surface area contributed by atoms with E-state index in [1.807, 2.05) is 18.2 Å². The summed E-state index contributed by atoms with van der Waals surface area (Å²) in [5, 5.41) is 17.9. The third kappa shape index (κ3) is 2.78. The van der Waals surface area contributed by atoms with Gasteiger partial charge in [0, 0.05) is 23.2 Å². The van der Waals surface area contributed by atoms with E-state index in [-0.39, 0.29) is 18.0 Å². The van der Waals surface area contributed by atoms with E-state index >= 15 is 0 Å². The zero-order valence-electron chi connectivity index (χ0n) is 11.4. The first-order valence-corrected chi connectivity index (χ1v) is 6.51. The predicted molar refractivity (Wildman–Crippen MR) is 79.4 cm³/mol. The van der Waals surface area contributed by atoms with Crippen molar-refractivity contribution in [2.75, 3.05) is 5.32 Å². The zero-order chi connectivity index (χ0) is 15.5. The molecule has 3 rings (SSSR count). The molecule has 1 aromatic heterocycles. The van der Waals surface area contributed by atoms with E-state index < -0.39 is 4.92 Å². The number of aromatic nitrogens is 1. The highest BCUT2D eigenvalue weighted by Gasteiger charge is 2.12. The lowest BCUT2D eigenvalue weighted by molar-refractivity contribution is -0.384. The number of nitro groups is 1. The van der Waals surface area contributed by atoms with Crippen LogP contribution in [-0.2, 0) is 11.2 Å². The second-order valence-corrected chi connectivity index (χ2v) is 4.65. The molecular formula is C15H11N3O4. The number of hydrogen-bond donors (Lipinski definition) is 1.